The molecule has 0 spiro atoms. The summed E-state index contributed by atoms with van der Waals surface area (Å²) in [4.78, 5) is 34.7. The number of carbonyl (C=O) groups is 3. The number of rotatable bonds is 5. The topological polar surface area (TPSA) is 129 Å². The zero-order valence-electron chi connectivity index (χ0n) is 13.6. The van der Waals surface area contributed by atoms with E-state index in [0.29, 0.717) is 5.69 Å². The number of amides is 2. The Labute approximate surface area is 139 Å². The van der Waals surface area contributed by atoms with E-state index in [1.165, 1.54) is 24.3 Å². The highest BCUT2D eigenvalue weighted by molar-refractivity contribution is 5.97. The number of carboxylic acids is 1. The number of aromatic carboxylic acids is 1. The maximum absolute atomic E-state index is 12.2. The van der Waals surface area contributed by atoms with Gasteiger partial charge in [0.2, 0.25) is 5.91 Å². The highest BCUT2D eigenvalue weighted by Crippen LogP contribution is 2.11. The molecule has 1 atom stereocenters. The van der Waals surface area contributed by atoms with Crippen LogP contribution >= 0.6 is 0 Å². The van der Waals surface area contributed by atoms with Crippen molar-refractivity contribution in [2.24, 2.45) is 0 Å². The van der Waals surface area contributed by atoms with Crippen LogP contribution in [-0.2, 0) is 9.53 Å². The molecule has 0 saturated heterocycles. The number of nitriles is 1. The van der Waals surface area contributed by atoms with Gasteiger partial charge >= 0.3 is 12.1 Å². The zero-order valence-corrected chi connectivity index (χ0v) is 13.6. The molecule has 1 unspecified atom stereocenters. The highest BCUT2D eigenvalue weighted by Gasteiger charge is 2.24. The monoisotopic (exact) mass is 333 g/mol. The lowest BCUT2D eigenvalue weighted by Gasteiger charge is -2.22. The molecule has 1 rings (SSSR count). The van der Waals surface area contributed by atoms with E-state index in [-0.39, 0.29) is 12.0 Å². The summed E-state index contributed by atoms with van der Waals surface area (Å²) in [5.74, 6) is -1.69. The summed E-state index contributed by atoms with van der Waals surface area (Å²) in [6.45, 7) is 5.03. The van der Waals surface area contributed by atoms with Crippen molar-refractivity contribution < 1.29 is 24.2 Å². The number of ether oxygens (including phenoxy) is 1. The van der Waals surface area contributed by atoms with Crippen LogP contribution in [0.3, 0.4) is 0 Å². The summed E-state index contributed by atoms with van der Waals surface area (Å²) in [6.07, 6.45) is -1.04. The van der Waals surface area contributed by atoms with E-state index in [1.54, 1.807) is 20.8 Å². The smallest absolute Gasteiger partial charge is 0.408 e. The first-order chi connectivity index (χ1) is 11.1. The third-order valence-electron chi connectivity index (χ3n) is 2.70. The number of hydrogen-bond acceptors (Lipinski definition) is 5. The molecule has 0 aliphatic rings. The first-order valence-electron chi connectivity index (χ1n) is 7.13. The van der Waals surface area contributed by atoms with Gasteiger partial charge in [-0.1, -0.05) is 0 Å². The molecule has 0 heterocycles. The minimum Gasteiger partial charge on any atom is -0.478 e. The van der Waals surface area contributed by atoms with Crippen LogP contribution < -0.4 is 10.6 Å². The molecule has 0 bridgehead atoms. The predicted octanol–water partition coefficient (Wildman–Crippen LogP) is 2.13. The van der Waals surface area contributed by atoms with Gasteiger partial charge in [0.1, 0.15) is 11.6 Å². The molecule has 0 radical (unpaired) electrons. The lowest BCUT2D eigenvalue weighted by Crippen LogP contribution is -2.45. The van der Waals surface area contributed by atoms with Gasteiger partial charge in [-0.3, -0.25) is 4.79 Å². The molecule has 8 heteroatoms. The van der Waals surface area contributed by atoms with Crippen molar-refractivity contribution in [3.8, 4) is 6.07 Å². The fourth-order valence-corrected chi connectivity index (χ4v) is 1.68. The van der Waals surface area contributed by atoms with Crippen LogP contribution in [0.25, 0.3) is 0 Å². The minimum atomic E-state index is -1.09. The first kappa shape index (κ1) is 19.0. The molecular weight excluding hydrogens is 314 g/mol. The van der Waals surface area contributed by atoms with Gasteiger partial charge in [-0.25, -0.2) is 9.59 Å². The fourth-order valence-electron chi connectivity index (χ4n) is 1.68. The largest absolute Gasteiger partial charge is 0.478 e. The second kappa shape index (κ2) is 7.97. The number of alkyl carbamates (subject to hydrolysis) is 1. The fraction of sp³-hybridized carbons (Fsp3) is 0.375. The van der Waals surface area contributed by atoms with Crippen LogP contribution in [0.5, 0.6) is 0 Å². The molecule has 3 N–H and O–H groups in total. The maximum atomic E-state index is 12.2. The van der Waals surface area contributed by atoms with Gasteiger partial charge in [0.15, 0.2) is 0 Å². The Morgan fingerprint density at radius 3 is 2.29 bits per heavy atom. The molecule has 0 aromatic heterocycles. The van der Waals surface area contributed by atoms with Gasteiger partial charge in [0, 0.05) is 5.69 Å². The van der Waals surface area contributed by atoms with Crippen LogP contribution in [0.1, 0.15) is 37.6 Å². The third kappa shape index (κ3) is 6.36. The summed E-state index contributed by atoms with van der Waals surface area (Å²) in [5.41, 5.74) is -0.308. The van der Waals surface area contributed by atoms with Gasteiger partial charge in [0.25, 0.3) is 0 Å². The standard InChI is InChI=1S/C16H19N3O5/c1-16(2,3)24-15(23)19-12(8-9-17)13(20)18-11-6-4-10(5-7-11)14(21)22/h4-7,12H,8H2,1-3H3,(H,18,20)(H,19,23)(H,21,22). The van der Waals surface area contributed by atoms with Crippen molar-refractivity contribution in [1.82, 2.24) is 5.32 Å². The first-order valence-corrected chi connectivity index (χ1v) is 7.13. The molecule has 2 amide bonds. The molecule has 8 nitrogen and oxygen atoms in total. The van der Waals surface area contributed by atoms with Crippen LogP contribution in [-0.4, -0.2) is 34.7 Å². The van der Waals surface area contributed by atoms with Crippen LogP contribution in [0.15, 0.2) is 24.3 Å². The van der Waals surface area contributed by atoms with Gasteiger partial charge < -0.3 is 20.5 Å². The van der Waals surface area contributed by atoms with E-state index in [2.05, 4.69) is 10.6 Å². The average molecular weight is 333 g/mol. The molecule has 0 fully saturated rings. The van der Waals surface area contributed by atoms with Crippen LogP contribution in [0.4, 0.5) is 10.5 Å². The molecule has 1 aromatic carbocycles. The van der Waals surface area contributed by atoms with Crippen LogP contribution in [0.2, 0.25) is 0 Å². The summed E-state index contributed by atoms with van der Waals surface area (Å²) < 4.78 is 5.05. The Hall–Kier alpha value is -3.08. The van der Waals surface area contributed by atoms with Crippen molar-refractivity contribution in [3.05, 3.63) is 29.8 Å². The number of hydrogen-bond donors (Lipinski definition) is 3. The number of benzene rings is 1. The van der Waals surface area contributed by atoms with Crippen LogP contribution in [0, 0.1) is 11.3 Å². The zero-order chi connectivity index (χ0) is 18.3. The van der Waals surface area contributed by atoms with E-state index in [4.69, 9.17) is 15.1 Å². The van der Waals surface area contributed by atoms with Crippen molar-refractivity contribution in [2.75, 3.05) is 5.32 Å². The second-order valence-electron chi connectivity index (χ2n) is 5.93. The summed E-state index contributed by atoms with van der Waals surface area (Å²) in [7, 11) is 0. The van der Waals surface area contributed by atoms with Gasteiger partial charge in [-0.2, -0.15) is 5.26 Å². The normalized spacial score (nSPS) is 11.8. The van der Waals surface area contributed by atoms with Gasteiger partial charge in [-0.15, -0.1) is 0 Å². The Bertz CT molecular complexity index is 656. The highest BCUT2D eigenvalue weighted by atomic mass is 16.6. The Kier molecular flexibility index (Phi) is 6.30. The van der Waals surface area contributed by atoms with E-state index < -0.39 is 29.6 Å². The van der Waals surface area contributed by atoms with Crippen molar-refractivity contribution in [1.29, 1.82) is 5.26 Å². The lowest BCUT2D eigenvalue weighted by atomic mass is 10.1. The SMILES string of the molecule is CC(C)(C)OC(=O)NC(CC#N)C(=O)Nc1ccc(C(=O)O)cc1. The van der Waals surface area contributed by atoms with E-state index in [0.717, 1.165) is 0 Å². The van der Waals surface area contributed by atoms with Crippen molar-refractivity contribution in [3.63, 3.8) is 0 Å². The summed E-state index contributed by atoms with van der Waals surface area (Å²) in [6, 6.07) is 6.22. The second-order valence-corrected chi connectivity index (χ2v) is 5.93. The summed E-state index contributed by atoms with van der Waals surface area (Å²) in [5, 5.41) is 22.5. The molecule has 0 saturated carbocycles. The average Bonchev–Trinajstić information content (AvgIpc) is 2.45. The van der Waals surface area contributed by atoms with E-state index in [1.807, 2.05) is 6.07 Å². The lowest BCUT2D eigenvalue weighted by molar-refractivity contribution is -0.118. The minimum absolute atomic E-state index is 0.0773. The maximum Gasteiger partial charge on any atom is 0.408 e. The van der Waals surface area contributed by atoms with Gasteiger partial charge in [0.05, 0.1) is 18.1 Å². The third-order valence-corrected chi connectivity index (χ3v) is 2.70. The Morgan fingerprint density at radius 2 is 1.83 bits per heavy atom. The number of nitrogens with one attached hydrogen (secondary N) is 2. The molecule has 24 heavy (non-hydrogen) atoms. The van der Waals surface area contributed by atoms with Crippen molar-refractivity contribution >= 4 is 23.7 Å². The number of carbonyl (C=O) groups excluding carboxylic acids is 2. The Balaban J connectivity index is 2.74. The van der Waals surface area contributed by atoms with Gasteiger partial charge in [-0.05, 0) is 45.0 Å². The molecule has 128 valence electrons. The number of anilines is 1. The van der Waals surface area contributed by atoms with Crippen molar-refractivity contribution in [2.45, 2.75) is 38.8 Å². The summed E-state index contributed by atoms with van der Waals surface area (Å²) >= 11 is 0. The number of carboxylic acid groups (broad SMARTS) is 1. The molecule has 0 aliphatic heterocycles. The Morgan fingerprint density at radius 1 is 1.25 bits per heavy atom. The predicted molar refractivity (Wildman–Crippen MR) is 85.4 cm³/mol. The van der Waals surface area contributed by atoms with E-state index >= 15 is 0 Å². The molecular formula is C16H19N3O5. The molecule has 1 aromatic rings. The quantitative estimate of drug-likeness (QED) is 0.757. The number of nitrogens with zero attached hydrogens (tertiary/aromatic N) is 1. The molecule has 0 aliphatic carbocycles. The van der Waals surface area contributed by atoms with E-state index in [9.17, 15) is 14.4 Å².